The molecule has 2 aromatic heterocycles. The van der Waals surface area contributed by atoms with E-state index in [1.54, 1.807) is 31.8 Å². The van der Waals surface area contributed by atoms with E-state index < -0.39 is 0 Å². The molecule has 0 unspecified atom stereocenters. The lowest BCUT2D eigenvalue weighted by molar-refractivity contribution is -0.116. The van der Waals surface area contributed by atoms with Crippen molar-refractivity contribution >= 4 is 28.2 Å². The van der Waals surface area contributed by atoms with Crippen molar-refractivity contribution in [3.8, 4) is 22.8 Å². The van der Waals surface area contributed by atoms with Crippen LogP contribution in [-0.4, -0.2) is 34.6 Å². The number of carbonyl (C=O) groups is 1. The summed E-state index contributed by atoms with van der Waals surface area (Å²) < 4.78 is 11.3. The van der Waals surface area contributed by atoms with Crippen LogP contribution in [0, 0.1) is 6.92 Å². The molecule has 174 valence electrons. The van der Waals surface area contributed by atoms with Crippen LogP contribution in [0.4, 0.5) is 11.4 Å². The SMILES string of the molecule is COc1ccc(-c2cc(OCCCCC(=O)Nc3ccccc3N)c3ncnc(C)c3c2)cn1. The molecule has 0 atom stereocenters. The number of hydrogen-bond donors (Lipinski definition) is 2. The molecule has 1 amide bonds. The summed E-state index contributed by atoms with van der Waals surface area (Å²) in [6.07, 6.45) is 5.10. The third-order valence-electron chi connectivity index (χ3n) is 5.47. The first kappa shape index (κ1) is 23.0. The van der Waals surface area contributed by atoms with Crippen molar-refractivity contribution in [3.05, 3.63) is 66.7 Å². The number of anilines is 2. The molecule has 8 nitrogen and oxygen atoms in total. The molecule has 0 radical (unpaired) electrons. The van der Waals surface area contributed by atoms with E-state index in [2.05, 4.69) is 20.3 Å². The van der Waals surface area contributed by atoms with Crippen LogP contribution in [-0.2, 0) is 4.79 Å². The van der Waals surface area contributed by atoms with Gasteiger partial charge in [-0.2, -0.15) is 0 Å². The van der Waals surface area contributed by atoms with Crippen molar-refractivity contribution in [2.45, 2.75) is 26.2 Å². The maximum absolute atomic E-state index is 12.2. The van der Waals surface area contributed by atoms with Crippen LogP contribution in [0.1, 0.15) is 25.0 Å². The number of para-hydroxylation sites is 2. The summed E-state index contributed by atoms with van der Waals surface area (Å²) >= 11 is 0. The lowest BCUT2D eigenvalue weighted by Crippen LogP contribution is -2.13. The highest BCUT2D eigenvalue weighted by Gasteiger charge is 2.12. The van der Waals surface area contributed by atoms with E-state index in [9.17, 15) is 4.79 Å². The summed E-state index contributed by atoms with van der Waals surface area (Å²) in [6.45, 7) is 2.41. The molecule has 8 heteroatoms. The third kappa shape index (κ3) is 5.40. The minimum atomic E-state index is -0.0688. The molecule has 0 saturated carbocycles. The van der Waals surface area contributed by atoms with Crippen molar-refractivity contribution in [1.82, 2.24) is 15.0 Å². The van der Waals surface area contributed by atoms with Crippen LogP contribution < -0.4 is 20.5 Å². The Labute approximate surface area is 198 Å². The van der Waals surface area contributed by atoms with Gasteiger partial charge in [-0.3, -0.25) is 4.79 Å². The van der Waals surface area contributed by atoms with Crippen molar-refractivity contribution in [2.24, 2.45) is 0 Å². The van der Waals surface area contributed by atoms with Crippen molar-refractivity contribution < 1.29 is 14.3 Å². The maximum Gasteiger partial charge on any atom is 0.224 e. The average molecular weight is 458 g/mol. The van der Waals surface area contributed by atoms with E-state index in [-0.39, 0.29) is 5.91 Å². The van der Waals surface area contributed by atoms with Gasteiger partial charge >= 0.3 is 0 Å². The first-order chi connectivity index (χ1) is 16.5. The van der Waals surface area contributed by atoms with Gasteiger partial charge in [0.15, 0.2) is 0 Å². The molecule has 0 aliphatic rings. The highest BCUT2D eigenvalue weighted by molar-refractivity contribution is 5.93. The number of amides is 1. The smallest absolute Gasteiger partial charge is 0.224 e. The monoisotopic (exact) mass is 457 g/mol. The summed E-state index contributed by atoms with van der Waals surface area (Å²) in [5, 5.41) is 3.77. The Bertz CT molecular complexity index is 1290. The second kappa shape index (κ2) is 10.6. The summed E-state index contributed by atoms with van der Waals surface area (Å²) in [7, 11) is 1.59. The second-order valence-corrected chi connectivity index (χ2v) is 7.86. The van der Waals surface area contributed by atoms with Crippen LogP contribution in [0.2, 0.25) is 0 Å². The van der Waals surface area contributed by atoms with E-state index in [0.717, 1.165) is 34.1 Å². The van der Waals surface area contributed by atoms with Gasteiger partial charge in [0.05, 0.1) is 25.1 Å². The normalized spacial score (nSPS) is 10.8. The van der Waals surface area contributed by atoms with Crippen LogP contribution in [0.25, 0.3) is 22.0 Å². The molecule has 3 N–H and O–H groups in total. The number of nitrogens with two attached hydrogens (primary N) is 1. The Morgan fingerprint density at radius 3 is 2.65 bits per heavy atom. The summed E-state index contributed by atoms with van der Waals surface area (Å²) in [6, 6.07) is 15.0. The molecule has 2 heterocycles. The zero-order valence-electron chi connectivity index (χ0n) is 19.2. The minimum absolute atomic E-state index is 0.0688. The fourth-order valence-corrected chi connectivity index (χ4v) is 3.60. The number of carbonyl (C=O) groups excluding carboxylic acids is 1. The van der Waals surface area contributed by atoms with Crippen molar-refractivity contribution in [2.75, 3.05) is 24.8 Å². The first-order valence-electron chi connectivity index (χ1n) is 11.1. The number of aryl methyl sites for hydroxylation is 1. The Hall–Kier alpha value is -4.20. The predicted octanol–water partition coefficient (Wildman–Crippen LogP) is 4.78. The lowest BCUT2D eigenvalue weighted by Gasteiger charge is -2.13. The Balaban J connectivity index is 1.41. The van der Waals surface area contributed by atoms with Crippen molar-refractivity contribution in [1.29, 1.82) is 0 Å². The number of ether oxygens (including phenoxy) is 2. The number of nitrogens with zero attached hydrogens (tertiary/aromatic N) is 3. The fraction of sp³-hybridized carbons (Fsp3) is 0.231. The highest BCUT2D eigenvalue weighted by Crippen LogP contribution is 2.32. The van der Waals surface area contributed by atoms with E-state index in [0.29, 0.717) is 42.5 Å². The number of nitrogens with one attached hydrogen (secondary N) is 1. The molecule has 4 rings (SSSR count). The molecule has 34 heavy (non-hydrogen) atoms. The zero-order chi connectivity index (χ0) is 23.9. The molecule has 0 saturated heterocycles. The number of benzene rings is 2. The first-order valence-corrected chi connectivity index (χ1v) is 11.1. The zero-order valence-corrected chi connectivity index (χ0v) is 19.2. The highest BCUT2D eigenvalue weighted by atomic mass is 16.5. The van der Waals surface area contributed by atoms with Gasteiger partial charge in [0.2, 0.25) is 11.8 Å². The van der Waals surface area contributed by atoms with Gasteiger partial charge in [-0.15, -0.1) is 0 Å². The number of aromatic nitrogens is 3. The third-order valence-corrected chi connectivity index (χ3v) is 5.47. The fourth-order valence-electron chi connectivity index (χ4n) is 3.60. The van der Waals surface area contributed by atoms with Gasteiger partial charge in [0, 0.05) is 35.3 Å². The molecular weight excluding hydrogens is 430 g/mol. The molecule has 0 aliphatic heterocycles. The number of unbranched alkanes of at least 4 members (excludes halogenated alkanes) is 1. The number of rotatable bonds is 9. The molecular formula is C26H27N5O3. The van der Waals surface area contributed by atoms with Gasteiger partial charge in [0.1, 0.15) is 17.6 Å². The quantitative estimate of drug-likeness (QED) is 0.275. The van der Waals surface area contributed by atoms with Crippen molar-refractivity contribution in [3.63, 3.8) is 0 Å². The standard InChI is InChI=1S/C26H27N5O3/c1-17-20-13-19(18-10-11-25(33-2)28-15-18)14-23(26(20)30-16-29-17)34-12-6-5-9-24(32)31-22-8-4-3-7-21(22)27/h3-4,7-8,10-11,13-16H,5-6,9,12,27H2,1-2H3,(H,31,32). The van der Waals surface area contributed by atoms with Crippen LogP contribution in [0.15, 0.2) is 61.1 Å². The van der Waals surface area contributed by atoms with Crippen LogP contribution in [0.5, 0.6) is 11.6 Å². The number of nitrogen functional groups attached to an aromatic ring is 1. The average Bonchev–Trinajstić information content (AvgIpc) is 2.85. The number of methoxy groups -OCH3 is 1. The topological polar surface area (TPSA) is 112 Å². The Morgan fingerprint density at radius 1 is 1.03 bits per heavy atom. The van der Waals surface area contributed by atoms with E-state index in [1.807, 2.05) is 43.3 Å². The number of fused-ring (bicyclic) bond motifs is 1. The summed E-state index contributed by atoms with van der Waals surface area (Å²) in [5.74, 6) is 1.16. The van der Waals surface area contributed by atoms with Crippen LogP contribution >= 0.6 is 0 Å². The molecule has 0 bridgehead atoms. The van der Waals surface area contributed by atoms with Crippen LogP contribution in [0.3, 0.4) is 0 Å². The lowest BCUT2D eigenvalue weighted by atomic mass is 10.0. The largest absolute Gasteiger partial charge is 0.491 e. The second-order valence-electron chi connectivity index (χ2n) is 7.86. The molecule has 0 spiro atoms. The molecule has 0 fully saturated rings. The van der Waals surface area contributed by atoms with Gasteiger partial charge < -0.3 is 20.5 Å². The summed E-state index contributed by atoms with van der Waals surface area (Å²) in [4.78, 5) is 25.3. The maximum atomic E-state index is 12.2. The number of hydrogen-bond acceptors (Lipinski definition) is 7. The molecule has 2 aromatic carbocycles. The molecule has 0 aliphatic carbocycles. The van der Waals surface area contributed by atoms with E-state index in [4.69, 9.17) is 15.2 Å². The summed E-state index contributed by atoms with van der Waals surface area (Å²) in [5.41, 5.74) is 10.6. The van der Waals surface area contributed by atoms with Gasteiger partial charge in [0.25, 0.3) is 0 Å². The van der Waals surface area contributed by atoms with E-state index >= 15 is 0 Å². The Morgan fingerprint density at radius 2 is 1.88 bits per heavy atom. The van der Waals surface area contributed by atoms with Gasteiger partial charge in [-0.1, -0.05) is 12.1 Å². The van der Waals surface area contributed by atoms with Gasteiger partial charge in [-0.25, -0.2) is 15.0 Å². The number of pyridine rings is 1. The van der Waals surface area contributed by atoms with Gasteiger partial charge in [-0.05, 0) is 55.7 Å². The Kier molecular flexibility index (Phi) is 7.17. The minimum Gasteiger partial charge on any atom is -0.491 e. The molecule has 4 aromatic rings. The van der Waals surface area contributed by atoms with E-state index in [1.165, 1.54) is 0 Å². The predicted molar refractivity (Wildman–Crippen MR) is 133 cm³/mol.